The Hall–Kier alpha value is -3.34. The van der Waals surface area contributed by atoms with Crippen LogP contribution in [0.25, 0.3) is 0 Å². The van der Waals surface area contributed by atoms with Crippen LogP contribution in [0.1, 0.15) is 84.5 Å². The van der Waals surface area contributed by atoms with Crippen molar-refractivity contribution in [3.05, 3.63) is 64.5 Å². The minimum atomic E-state index is -4.72. The van der Waals surface area contributed by atoms with Crippen LogP contribution in [-0.2, 0) is 27.9 Å². The summed E-state index contributed by atoms with van der Waals surface area (Å²) in [5.74, 6) is -0.0317. The number of pyridine rings is 1. The number of hydrogen-bond acceptors (Lipinski definition) is 8. The predicted molar refractivity (Wildman–Crippen MR) is 160 cm³/mol. The van der Waals surface area contributed by atoms with Crippen LogP contribution in [0.2, 0.25) is 0 Å². The van der Waals surface area contributed by atoms with Gasteiger partial charge in [-0.3, -0.25) is 4.79 Å². The number of fused-ring (bicyclic) bond motifs is 1. The molecule has 1 saturated carbocycles. The van der Waals surface area contributed by atoms with E-state index in [9.17, 15) is 18.0 Å². The Bertz CT molecular complexity index is 1430. The van der Waals surface area contributed by atoms with Gasteiger partial charge in [-0.25, -0.2) is 9.97 Å². The third kappa shape index (κ3) is 7.25. The van der Waals surface area contributed by atoms with E-state index in [2.05, 4.69) is 25.6 Å². The first-order valence-corrected chi connectivity index (χ1v) is 15.9. The molecule has 3 aromatic rings. The van der Waals surface area contributed by atoms with Crippen molar-refractivity contribution < 1.29 is 27.0 Å². The molecule has 5 rings (SSSR count). The van der Waals surface area contributed by atoms with E-state index in [0.717, 1.165) is 48.6 Å². The van der Waals surface area contributed by atoms with Gasteiger partial charge in [-0.2, -0.15) is 18.2 Å². The zero-order valence-corrected chi connectivity index (χ0v) is 25.4. The van der Waals surface area contributed by atoms with Gasteiger partial charge in [-0.1, -0.05) is 31.4 Å². The highest BCUT2D eigenvalue weighted by Crippen LogP contribution is 2.43. The van der Waals surface area contributed by atoms with Crippen LogP contribution < -0.4 is 10.6 Å². The van der Waals surface area contributed by atoms with Crippen molar-refractivity contribution in [3.63, 3.8) is 0 Å². The van der Waals surface area contributed by atoms with E-state index in [1.54, 1.807) is 30.3 Å². The Labute approximate surface area is 250 Å². The summed E-state index contributed by atoms with van der Waals surface area (Å²) in [5, 5.41) is 5.72. The number of nitrogens with one attached hydrogen (secondary N) is 2. The van der Waals surface area contributed by atoms with E-state index in [1.807, 2.05) is 26.0 Å². The second-order valence-electron chi connectivity index (χ2n) is 10.6. The van der Waals surface area contributed by atoms with E-state index in [0.29, 0.717) is 48.9 Å². The average Bonchev–Trinajstić information content (AvgIpc) is 3.28. The van der Waals surface area contributed by atoms with Crippen LogP contribution in [0.4, 0.5) is 36.4 Å². The maximum Gasteiger partial charge on any atom is 0.421 e. The molecule has 1 amide bonds. The lowest BCUT2D eigenvalue weighted by Gasteiger charge is -2.25. The molecular formula is C30H36F3N6O3P. The first-order valence-electron chi connectivity index (χ1n) is 14.6. The molecule has 43 heavy (non-hydrogen) atoms. The SMILES string of the molecule is CCOP(Cc1ccc(Nc2ncc(C(F)(F)F)c(Nc3ccc(C4CCCCC4)c4c3C(=O)N(C)C4)n2)nc1)OCC. The fourth-order valence-electron chi connectivity index (χ4n) is 5.62. The Morgan fingerprint density at radius 3 is 2.40 bits per heavy atom. The zero-order valence-electron chi connectivity index (χ0n) is 24.5. The van der Waals surface area contributed by atoms with Crippen LogP contribution >= 0.6 is 8.38 Å². The summed E-state index contributed by atoms with van der Waals surface area (Å²) >= 11 is 0. The highest BCUT2D eigenvalue weighted by Gasteiger charge is 2.37. The number of rotatable bonds is 11. The second kappa shape index (κ2) is 13.5. The van der Waals surface area contributed by atoms with Crippen molar-refractivity contribution in [2.24, 2.45) is 0 Å². The van der Waals surface area contributed by atoms with E-state index in [1.165, 1.54) is 6.42 Å². The average molecular weight is 617 g/mol. The summed E-state index contributed by atoms with van der Waals surface area (Å²) < 4.78 is 53.4. The molecule has 230 valence electrons. The van der Waals surface area contributed by atoms with Crippen molar-refractivity contribution in [1.82, 2.24) is 19.9 Å². The molecule has 1 aliphatic carbocycles. The van der Waals surface area contributed by atoms with Gasteiger partial charge >= 0.3 is 6.18 Å². The van der Waals surface area contributed by atoms with Gasteiger partial charge in [0.25, 0.3) is 5.91 Å². The molecule has 2 aliphatic rings. The Balaban J connectivity index is 1.41. The summed E-state index contributed by atoms with van der Waals surface area (Å²) in [7, 11) is 0.626. The number of anilines is 4. The van der Waals surface area contributed by atoms with Gasteiger partial charge in [0.2, 0.25) is 5.95 Å². The van der Waals surface area contributed by atoms with Crippen molar-refractivity contribution in [2.75, 3.05) is 30.9 Å². The lowest BCUT2D eigenvalue weighted by molar-refractivity contribution is -0.137. The molecule has 0 spiro atoms. The van der Waals surface area contributed by atoms with Crippen molar-refractivity contribution in [3.8, 4) is 0 Å². The summed E-state index contributed by atoms with van der Waals surface area (Å²) in [5.41, 5.74) is 2.56. The maximum atomic E-state index is 14.0. The molecule has 0 saturated heterocycles. The third-order valence-electron chi connectivity index (χ3n) is 7.62. The van der Waals surface area contributed by atoms with Gasteiger partial charge < -0.3 is 24.6 Å². The lowest BCUT2D eigenvalue weighted by atomic mass is 9.81. The summed E-state index contributed by atoms with van der Waals surface area (Å²) in [6, 6.07) is 7.19. The van der Waals surface area contributed by atoms with E-state index < -0.39 is 25.9 Å². The highest BCUT2D eigenvalue weighted by atomic mass is 31.2. The molecule has 0 unspecified atom stereocenters. The molecule has 1 fully saturated rings. The normalized spacial score (nSPS) is 15.7. The van der Waals surface area contributed by atoms with E-state index in [4.69, 9.17) is 9.05 Å². The molecule has 0 atom stereocenters. The number of carbonyl (C=O) groups excluding carboxylic acids is 1. The molecule has 2 aromatic heterocycles. The monoisotopic (exact) mass is 616 g/mol. The number of halogens is 3. The number of benzene rings is 1. The fraction of sp³-hybridized carbons (Fsp3) is 0.467. The highest BCUT2D eigenvalue weighted by molar-refractivity contribution is 7.46. The quantitative estimate of drug-likeness (QED) is 0.210. The number of aromatic nitrogens is 3. The molecule has 1 aliphatic heterocycles. The van der Waals surface area contributed by atoms with Crippen molar-refractivity contribution in [1.29, 1.82) is 0 Å². The van der Waals surface area contributed by atoms with Crippen LogP contribution in [0.15, 0.2) is 36.7 Å². The summed E-state index contributed by atoms with van der Waals surface area (Å²) in [6.45, 7) is 5.32. The number of amides is 1. The van der Waals surface area contributed by atoms with Crippen LogP contribution in [0.5, 0.6) is 0 Å². The molecule has 9 nitrogen and oxygen atoms in total. The number of alkyl halides is 3. The first kappa shape index (κ1) is 31.1. The Morgan fingerprint density at radius 1 is 1.00 bits per heavy atom. The fourth-order valence-corrected chi connectivity index (χ4v) is 6.94. The zero-order chi connectivity index (χ0) is 30.6. The topological polar surface area (TPSA) is 102 Å². The second-order valence-corrected chi connectivity index (χ2v) is 12.1. The van der Waals surface area contributed by atoms with Crippen LogP contribution in [0.3, 0.4) is 0 Å². The van der Waals surface area contributed by atoms with Gasteiger partial charge in [0.15, 0.2) is 8.38 Å². The van der Waals surface area contributed by atoms with E-state index in [-0.39, 0.29) is 11.9 Å². The van der Waals surface area contributed by atoms with Gasteiger partial charge in [-0.05, 0) is 61.4 Å². The number of carbonyl (C=O) groups is 1. The predicted octanol–water partition coefficient (Wildman–Crippen LogP) is 7.90. The van der Waals surface area contributed by atoms with Gasteiger partial charge in [0, 0.05) is 32.1 Å². The van der Waals surface area contributed by atoms with Gasteiger partial charge in [-0.15, -0.1) is 0 Å². The van der Waals surface area contributed by atoms with Gasteiger partial charge in [0.05, 0.1) is 24.5 Å². The maximum absolute atomic E-state index is 14.0. The number of nitrogens with zero attached hydrogens (tertiary/aromatic N) is 4. The molecule has 0 bridgehead atoms. The van der Waals surface area contributed by atoms with Crippen molar-refractivity contribution in [2.45, 2.75) is 70.8 Å². The minimum Gasteiger partial charge on any atom is -0.339 e. The molecule has 2 N–H and O–H groups in total. The largest absolute Gasteiger partial charge is 0.421 e. The first-order chi connectivity index (χ1) is 20.7. The van der Waals surface area contributed by atoms with Gasteiger partial charge in [0.1, 0.15) is 17.2 Å². The molecular weight excluding hydrogens is 580 g/mol. The Morgan fingerprint density at radius 2 is 1.74 bits per heavy atom. The van der Waals surface area contributed by atoms with Crippen LogP contribution in [0, 0.1) is 0 Å². The lowest BCUT2D eigenvalue weighted by Crippen LogP contribution is -2.18. The van der Waals surface area contributed by atoms with Crippen molar-refractivity contribution >= 4 is 37.6 Å². The molecule has 1 aromatic carbocycles. The summed E-state index contributed by atoms with van der Waals surface area (Å²) in [6.07, 6.45) is 3.79. The van der Waals surface area contributed by atoms with Crippen LogP contribution in [-0.4, -0.2) is 46.0 Å². The number of hydrogen-bond donors (Lipinski definition) is 2. The molecule has 13 heteroatoms. The smallest absolute Gasteiger partial charge is 0.339 e. The van der Waals surface area contributed by atoms with E-state index >= 15 is 0 Å². The minimum absolute atomic E-state index is 0.0689. The standard InChI is InChI=1S/C30H36F3N6O3P/c1-4-41-43(42-5-2)18-19-11-14-25(34-15-19)37-29-35-16-23(30(31,32)33)27(38-29)36-24-13-12-21(20-9-7-6-8-10-20)22-17-39(3)28(40)26(22)24/h11-16,20H,4-10,17-18H2,1-3H3,(H2,34,35,36,37,38). The Kier molecular flexibility index (Phi) is 9.78. The third-order valence-corrected chi connectivity index (χ3v) is 9.34. The molecule has 0 radical (unpaired) electrons. The summed E-state index contributed by atoms with van der Waals surface area (Å²) in [4.78, 5) is 27.2. The molecule has 3 heterocycles.